The monoisotopic (exact) mass is 348 g/mol. The van der Waals surface area contributed by atoms with Crippen LogP contribution in [0.4, 0.5) is 0 Å². The fourth-order valence-corrected chi connectivity index (χ4v) is 3.99. The van der Waals surface area contributed by atoms with Gasteiger partial charge in [0, 0.05) is 0 Å². The van der Waals surface area contributed by atoms with E-state index in [0.29, 0.717) is 32.5 Å². The Labute approximate surface area is 151 Å². The minimum absolute atomic E-state index is 0.115. The molecule has 0 spiro atoms. The highest BCUT2D eigenvalue weighted by molar-refractivity contribution is 5.91. The van der Waals surface area contributed by atoms with Gasteiger partial charge in [-0.3, -0.25) is 9.59 Å². The minimum Gasteiger partial charge on any atom is -0.465 e. The fraction of sp³-hybridized carbons (Fsp3) is 0.714. The second-order valence-corrected chi connectivity index (χ2v) is 7.64. The van der Waals surface area contributed by atoms with E-state index in [0.717, 1.165) is 51.4 Å². The number of carbonyl (C=O) groups excluding carboxylic acids is 2. The zero-order valence-corrected chi connectivity index (χ0v) is 15.4. The maximum atomic E-state index is 12.2. The Morgan fingerprint density at radius 1 is 0.720 bits per heavy atom. The molecule has 3 rings (SSSR count). The molecular formula is C21H32O4. The summed E-state index contributed by atoms with van der Waals surface area (Å²) in [7, 11) is 0. The summed E-state index contributed by atoms with van der Waals surface area (Å²) in [6.07, 6.45) is 13.8. The molecule has 3 saturated carbocycles. The standard InChI is InChI=1S/C21H32O4/c1-3-5-7-9-11-13-24-18(22)20-15-21(16-20,17-20)19(23)25-14-12-10-8-6-4-2/h3-4H,1-2,5-17H2. The molecule has 0 heterocycles. The molecule has 0 amide bonds. The van der Waals surface area contributed by atoms with Crippen LogP contribution in [-0.2, 0) is 19.1 Å². The lowest BCUT2D eigenvalue weighted by Crippen LogP contribution is -2.69. The molecule has 3 aliphatic rings. The van der Waals surface area contributed by atoms with E-state index in [-0.39, 0.29) is 22.8 Å². The number of hydrogen-bond acceptors (Lipinski definition) is 4. The van der Waals surface area contributed by atoms with Crippen molar-refractivity contribution in [2.75, 3.05) is 13.2 Å². The third-order valence-corrected chi connectivity index (χ3v) is 5.47. The van der Waals surface area contributed by atoms with Gasteiger partial charge in [0.05, 0.1) is 24.0 Å². The zero-order chi connectivity index (χ0) is 18.2. The van der Waals surface area contributed by atoms with Crippen molar-refractivity contribution in [3.05, 3.63) is 25.3 Å². The number of rotatable bonds is 14. The van der Waals surface area contributed by atoms with Gasteiger partial charge < -0.3 is 9.47 Å². The van der Waals surface area contributed by atoms with Crippen molar-refractivity contribution in [2.24, 2.45) is 10.8 Å². The SMILES string of the molecule is C=CCCCCCOC(=O)C12CC(C(=O)OCCCCCC=C)(C1)C2. The van der Waals surface area contributed by atoms with Gasteiger partial charge in [-0.15, -0.1) is 13.2 Å². The van der Waals surface area contributed by atoms with Crippen molar-refractivity contribution >= 4 is 11.9 Å². The van der Waals surface area contributed by atoms with Crippen molar-refractivity contribution in [1.29, 1.82) is 0 Å². The molecule has 25 heavy (non-hydrogen) atoms. The number of hydrogen-bond donors (Lipinski definition) is 0. The summed E-state index contributed by atoms with van der Waals surface area (Å²) < 4.78 is 10.8. The van der Waals surface area contributed by atoms with Gasteiger partial charge in [0.15, 0.2) is 0 Å². The van der Waals surface area contributed by atoms with Crippen LogP contribution in [0.15, 0.2) is 25.3 Å². The van der Waals surface area contributed by atoms with E-state index in [9.17, 15) is 9.59 Å². The first-order chi connectivity index (χ1) is 12.1. The third-order valence-electron chi connectivity index (χ3n) is 5.47. The largest absolute Gasteiger partial charge is 0.465 e. The van der Waals surface area contributed by atoms with Crippen LogP contribution in [0.2, 0.25) is 0 Å². The van der Waals surface area contributed by atoms with Crippen LogP contribution in [0.1, 0.15) is 70.6 Å². The second kappa shape index (κ2) is 9.21. The van der Waals surface area contributed by atoms with Crippen molar-refractivity contribution in [3.8, 4) is 0 Å². The van der Waals surface area contributed by atoms with Gasteiger partial charge in [-0.05, 0) is 70.6 Å². The Bertz CT molecular complexity index is 432. The molecule has 0 aromatic heterocycles. The number of carbonyl (C=O) groups is 2. The highest BCUT2D eigenvalue weighted by Gasteiger charge is 2.76. The van der Waals surface area contributed by atoms with Crippen molar-refractivity contribution in [3.63, 3.8) is 0 Å². The summed E-state index contributed by atoms with van der Waals surface area (Å²) >= 11 is 0. The molecular weight excluding hydrogens is 316 g/mol. The third kappa shape index (κ3) is 4.74. The average Bonchev–Trinajstić information content (AvgIpc) is 2.51. The van der Waals surface area contributed by atoms with Crippen LogP contribution < -0.4 is 0 Å². The van der Waals surface area contributed by atoms with Crippen LogP contribution in [-0.4, -0.2) is 25.2 Å². The molecule has 3 fully saturated rings. The summed E-state index contributed by atoms with van der Waals surface area (Å²) in [6, 6.07) is 0. The van der Waals surface area contributed by atoms with Gasteiger partial charge in [0.25, 0.3) is 0 Å². The minimum atomic E-state index is -0.385. The Balaban J connectivity index is 1.55. The first kappa shape index (κ1) is 19.7. The molecule has 3 aliphatic carbocycles. The molecule has 0 N–H and O–H groups in total. The zero-order valence-electron chi connectivity index (χ0n) is 15.4. The van der Waals surface area contributed by atoms with Crippen molar-refractivity contribution in [1.82, 2.24) is 0 Å². The molecule has 0 saturated heterocycles. The van der Waals surface area contributed by atoms with Crippen LogP contribution in [0.25, 0.3) is 0 Å². The molecule has 0 unspecified atom stereocenters. The normalized spacial score (nSPS) is 26.1. The molecule has 0 aromatic carbocycles. The summed E-state index contributed by atoms with van der Waals surface area (Å²) in [5.74, 6) is -0.231. The molecule has 140 valence electrons. The number of ether oxygens (including phenoxy) is 2. The summed E-state index contributed by atoms with van der Waals surface area (Å²) in [6.45, 7) is 8.36. The summed E-state index contributed by atoms with van der Waals surface area (Å²) in [5.41, 5.74) is -0.770. The average molecular weight is 348 g/mol. The van der Waals surface area contributed by atoms with E-state index in [1.54, 1.807) is 0 Å². The molecule has 2 bridgehead atoms. The van der Waals surface area contributed by atoms with E-state index in [1.807, 2.05) is 12.2 Å². The van der Waals surface area contributed by atoms with Gasteiger partial charge >= 0.3 is 11.9 Å². The Morgan fingerprint density at radius 3 is 1.48 bits per heavy atom. The molecule has 4 heteroatoms. The molecule has 0 radical (unpaired) electrons. The van der Waals surface area contributed by atoms with E-state index in [1.165, 1.54) is 0 Å². The highest BCUT2D eigenvalue weighted by atomic mass is 16.5. The Kier molecular flexibility index (Phi) is 7.27. The molecule has 0 aliphatic heterocycles. The smallest absolute Gasteiger partial charge is 0.312 e. The van der Waals surface area contributed by atoms with Crippen LogP contribution in [0.5, 0.6) is 0 Å². The lowest BCUT2D eigenvalue weighted by atomic mass is 9.35. The summed E-state index contributed by atoms with van der Waals surface area (Å²) in [5, 5.41) is 0. The van der Waals surface area contributed by atoms with Crippen LogP contribution in [0.3, 0.4) is 0 Å². The quantitative estimate of drug-likeness (QED) is 0.258. The van der Waals surface area contributed by atoms with Crippen molar-refractivity contribution in [2.45, 2.75) is 70.6 Å². The lowest BCUT2D eigenvalue weighted by molar-refractivity contribution is -0.237. The van der Waals surface area contributed by atoms with Gasteiger partial charge in [-0.25, -0.2) is 0 Å². The Morgan fingerprint density at radius 2 is 1.12 bits per heavy atom. The number of allylic oxidation sites excluding steroid dienone is 2. The molecule has 0 atom stereocenters. The highest BCUT2D eigenvalue weighted by Crippen LogP contribution is 2.74. The summed E-state index contributed by atoms with van der Waals surface area (Å²) in [4.78, 5) is 24.4. The van der Waals surface area contributed by atoms with Gasteiger partial charge in [0.1, 0.15) is 0 Å². The predicted molar refractivity (Wildman–Crippen MR) is 98.0 cm³/mol. The first-order valence-electron chi connectivity index (χ1n) is 9.65. The van der Waals surface area contributed by atoms with Crippen LogP contribution >= 0.6 is 0 Å². The predicted octanol–water partition coefficient (Wildman–Crippen LogP) is 4.74. The number of esters is 2. The van der Waals surface area contributed by atoms with E-state index >= 15 is 0 Å². The van der Waals surface area contributed by atoms with Crippen LogP contribution in [0, 0.1) is 10.8 Å². The Hall–Kier alpha value is -1.58. The van der Waals surface area contributed by atoms with E-state index in [4.69, 9.17) is 9.47 Å². The van der Waals surface area contributed by atoms with E-state index < -0.39 is 0 Å². The van der Waals surface area contributed by atoms with Gasteiger partial charge in [-0.2, -0.15) is 0 Å². The van der Waals surface area contributed by atoms with E-state index in [2.05, 4.69) is 13.2 Å². The fourth-order valence-electron chi connectivity index (χ4n) is 3.99. The molecule has 0 aromatic rings. The maximum Gasteiger partial charge on any atom is 0.312 e. The van der Waals surface area contributed by atoms with Gasteiger partial charge in [-0.1, -0.05) is 12.2 Å². The molecule has 4 nitrogen and oxygen atoms in total. The lowest BCUT2D eigenvalue weighted by Gasteiger charge is -2.66. The first-order valence-corrected chi connectivity index (χ1v) is 9.65. The van der Waals surface area contributed by atoms with Gasteiger partial charge in [0.2, 0.25) is 0 Å². The number of unbranched alkanes of at least 4 members (excludes halogenated alkanes) is 6. The topological polar surface area (TPSA) is 52.6 Å². The maximum absolute atomic E-state index is 12.2. The van der Waals surface area contributed by atoms with Crippen molar-refractivity contribution < 1.29 is 19.1 Å². The second-order valence-electron chi connectivity index (χ2n) is 7.64.